The van der Waals surface area contributed by atoms with Gasteiger partial charge in [0, 0.05) is 18.7 Å². The average molecular weight is 209 g/mol. The van der Waals surface area contributed by atoms with E-state index in [4.69, 9.17) is 5.11 Å². The van der Waals surface area contributed by atoms with Crippen LogP contribution in [0.15, 0.2) is 12.2 Å². The zero-order valence-electron chi connectivity index (χ0n) is 9.17. The molecule has 2 rings (SSSR count). The van der Waals surface area contributed by atoms with E-state index < -0.39 is 5.97 Å². The van der Waals surface area contributed by atoms with Gasteiger partial charge < -0.3 is 5.11 Å². The van der Waals surface area contributed by atoms with Crippen LogP contribution in [-0.4, -0.2) is 35.6 Å². The van der Waals surface area contributed by atoms with E-state index in [1.54, 1.807) is 0 Å². The Morgan fingerprint density at radius 3 is 2.60 bits per heavy atom. The second kappa shape index (κ2) is 3.97. The maximum absolute atomic E-state index is 10.7. The van der Waals surface area contributed by atoms with Crippen molar-refractivity contribution in [1.82, 2.24) is 4.90 Å². The third-order valence-electron chi connectivity index (χ3n) is 3.90. The predicted octanol–water partition coefficient (Wildman–Crippen LogP) is 1.89. The number of carboxylic acid groups (broad SMARTS) is 1. The lowest BCUT2D eigenvalue weighted by Gasteiger charge is -2.23. The van der Waals surface area contributed by atoms with Crippen LogP contribution in [0.3, 0.4) is 0 Å². The van der Waals surface area contributed by atoms with Crippen LogP contribution >= 0.6 is 0 Å². The van der Waals surface area contributed by atoms with E-state index >= 15 is 0 Å². The molecule has 0 atom stereocenters. The van der Waals surface area contributed by atoms with Crippen LogP contribution in [-0.2, 0) is 4.79 Å². The number of carbonyl (C=O) groups is 1. The Morgan fingerprint density at radius 1 is 1.33 bits per heavy atom. The van der Waals surface area contributed by atoms with Crippen LogP contribution < -0.4 is 0 Å². The number of rotatable bonds is 3. The Bertz CT molecular complexity index is 279. The minimum Gasteiger partial charge on any atom is -0.478 e. The first-order valence-corrected chi connectivity index (χ1v) is 5.75. The van der Waals surface area contributed by atoms with Gasteiger partial charge in [0.1, 0.15) is 0 Å². The van der Waals surface area contributed by atoms with Crippen LogP contribution in [0.2, 0.25) is 0 Å². The second-order valence-electron chi connectivity index (χ2n) is 5.08. The molecule has 0 amide bonds. The molecule has 2 fully saturated rings. The summed E-state index contributed by atoms with van der Waals surface area (Å²) in [5, 5.41) is 8.77. The number of aliphatic carboxylic acids is 1. The summed E-state index contributed by atoms with van der Waals surface area (Å²) in [7, 11) is 0. The van der Waals surface area contributed by atoms with Crippen molar-refractivity contribution in [3.05, 3.63) is 12.2 Å². The number of likely N-dealkylation sites (tertiary alicyclic amines) is 1. The zero-order valence-corrected chi connectivity index (χ0v) is 9.17. The van der Waals surface area contributed by atoms with Gasteiger partial charge in [-0.1, -0.05) is 19.4 Å². The molecule has 1 saturated carbocycles. The highest BCUT2D eigenvalue weighted by Crippen LogP contribution is 2.45. The van der Waals surface area contributed by atoms with E-state index in [9.17, 15) is 4.79 Å². The number of carboxylic acids is 1. The van der Waals surface area contributed by atoms with Gasteiger partial charge in [0.25, 0.3) is 0 Å². The second-order valence-corrected chi connectivity index (χ2v) is 5.08. The summed E-state index contributed by atoms with van der Waals surface area (Å²) < 4.78 is 0. The molecule has 1 saturated heterocycles. The summed E-state index contributed by atoms with van der Waals surface area (Å²) in [4.78, 5) is 12.9. The van der Waals surface area contributed by atoms with E-state index in [0.29, 0.717) is 17.5 Å². The number of hydrogen-bond donors (Lipinski definition) is 1. The van der Waals surface area contributed by atoms with Crippen LogP contribution in [0.5, 0.6) is 0 Å². The molecule has 0 radical (unpaired) electrons. The van der Waals surface area contributed by atoms with Crippen LogP contribution in [0, 0.1) is 5.41 Å². The van der Waals surface area contributed by atoms with Crippen molar-refractivity contribution >= 4 is 5.97 Å². The van der Waals surface area contributed by atoms with Gasteiger partial charge in [0.2, 0.25) is 0 Å². The fourth-order valence-electron chi connectivity index (χ4n) is 3.03. The number of nitrogens with zero attached hydrogens (tertiary/aromatic N) is 1. The summed E-state index contributed by atoms with van der Waals surface area (Å²) >= 11 is 0. The normalized spacial score (nSPS) is 24.8. The molecular weight excluding hydrogens is 190 g/mol. The molecule has 3 nitrogen and oxygen atoms in total. The third-order valence-corrected chi connectivity index (χ3v) is 3.90. The Hall–Kier alpha value is -0.830. The van der Waals surface area contributed by atoms with Crippen LogP contribution in [0.1, 0.15) is 32.1 Å². The van der Waals surface area contributed by atoms with E-state index in [-0.39, 0.29) is 0 Å². The molecule has 2 aliphatic rings. The van der Waals surface area contributed by atoms with Crippen molar-refractivity contribution in [3.8, 4) is 0 Å². The first kappa shape index (κ1) is 10.7. The molecule has 1 aliphatic heterocycles. The van der Waals surface area contributed by atoms with Crippen LogP contribution in [0.25, 0.3) is 0 Å². The fraction of sp³-hybridized carbons (Fsp3) is 0.750. The van der Waals surface area contributed by atoms with Crippen LogP contribution in [0.4, 0.5) is 0 Å². The first-order valence-electron chi connectivity index (χ1n) is 5.75. The Balaban J connectivity index is 1.87. The Kier molecular flexibility index (Phi) is 2.83. The van der Waals surface area contributed by atoms with Gasteiger partial charge in [-0.2, -0.15) is 0 Å². The topological polar surface area (TPSA) is 40.5 Å². The van der Waals surface area contributed by atoms with Gasteiger partial charge in [0.15, 0.2) is 0 Å². The van der Waals surface area contributed by atoms with E-state index in [1.165, 1.54) is 32.1 Å². The molecule has 1 N–H and O–H groups in total. The maximum Gasteiger partial charge on any atom is 0.332 e. The SMILES string of the molecule is C=C(CN1CCC2(CCCC2)C1)C(=O)O. The lowest BCUT2D eigenvalue weighted by Crippen LogP contribution is -2.28. The quantitative estimate of drug-likeness (QED) is 0.722. The van der Waals surface area contributed by atoms with Gasteiger partial charge in [-0.05, 0) is 31.2 Å². The van der Waals surface area contributed by atoms with Crippen molar-refractivity contribution in [3.63, 3.8) is 0 Å². The average Bonchev–Trinajstić information content (AvgIpc) is 2.78. The molecule has 0 aromatic heterocycles. The molecule has 84 valence electrons. The van der Waals surface area contributed by atoms with Gasteiger partial charge in [-0.15, -0.1) is 0 Å². The predicted molar refractivity (Wildman–Crippen MR) is 58.7 cm³/mol. The minimum absolute atomic E-state index is 0.324. The molecule has 0 unspecified atom stereocenters. The summed E-state index contributed by atoms with van der Waals surface area (Å²) in [6.45, 7) is 6.26. The molecule has 3 heteroatoms. The molecule has 0 aromatic rings. The Morgan fingerprint density at radius 2 is 2.00 bits per heavy atom. The molecule has 15 heavy (non-hydrogen) atoms. The summed E-state index contributed by atoms with van der Waals surface area (Å²) in [6, 6.07) is 0. The molecule has 0 bridgehead atoms. The van der Waals surface area contributed by atoms with Gasteiger partial charge in [-0.3, -0.25) is 4.90 Å². The zero-order chi connectivity index (χ0) is 10.9. The summed E-state index contributed by atoms with van der Waals surface area (Å²) in [5.74, 6) is -0.859. The van der Waals surface area contributed by atoms with Gasteiger partial charge in [-0.25, -0.2) is 4.79 Å². The largest absolute Gasteiger partial charge is 0.478 e. The van der Waals surface area contributed by atoms with E-state index in [0.717, 1.165) is 13.1 Å². The lowest BCUT2D eigenvalue weighted by atomic mass is 9.86. The van der Waals surface area contributed by atoms with Crippen molar-refractivity contribution in [1.29, 1.82) is 0 Å². The highest BCUT2D eigenvalue weighted by molar-refractivity contribution is 5.86. The van der Waals surface area contributed by atoms with Gasteiger partial charge >= 0.3 is 5.97 Å². The van der Waals surface area contributed by atoms with Crippen molar-refractivity contribution < 1.29 is 9.90 Å². The van der Waals surface area contributed by atoms with E-state index in [2.05, 4.69) is 11.5 Å². The smallest absolute Gasteiger partial charge is 0.332 e. The summed E-state index contributed by atoms with van der Waals surface area (Å²) in [6.07, 6.45) is 6.63. The molecule has 1 heterocycles. The fourth-order valence-corrected chi connectivity index (χ4v) is 3.03. The monoisotopic (exact) mass is 209 g/mol. The van der Waals surface area contributed by atoms with Crippen molar-refractivity contribution in [2.45, 2.75) is 32.1 Å². The minimum atomic E-state index is -0.859. The molecule has 1 aliphatic carbocycles. The lowest BCUT2D eigenvalue weighted by molar-refractivity contribution is -0.132. The number of hydrogen-bond acceptors (Lipinski definition) is 2. The van der Waals surface area contributed by atoms with Crippen molar-refractivity contribution in [2.24, 2.45) is 5.41 Å². The highest BCUT2D eigenvalue weighted by atomic mass is 16.4. The molecule has 1 spiro atoms. The Labute approximate surface area is 90.8 Å². The van der Waals surface area contributed by atoms with Gasteiger partial charge in [0.05, 0.1) is 0 Å². The standard InChI is InChI=1S/C12H19NO2/c1-10(11(14)15)8-13-7-6-12(9-13)4-2-3-5-12/h1-9H2,(H,14,15). The highest BCUT2D eigenvalue weighted by Gasteiger charge is 2.40. The van der Waals surface area contributed by atoms with Crippen molar-refractivity contribution in [2.75, 3.05) is 19.6 Å². The maximum atomic E-state index is 10.7. The molecular formula is C12H19NO2. The molecule has 0 aromatic carbocycles. The summed E-state index contributed by atoms with van der Waals surface area (Å²) in [5.41, 5.74) is 0.851. The third kappa shape index (κ3) is 2.23. The van der Waals surface area contributed by atoms with E-state index in [1.807, 2.05) is 0 Å². The first-order chi connectivity index (χ1) is 7.11.